The zero-order valence-corrected chi connectivity index (χ0v) is 16.8. The van der Waals surface area contributed by atoms with Crippen molar-refractivity contribution in [3.8, 4) is 0 Å². The number of nitrogens with one attached hydrogen (secondary N) is 1. The van der Waals surface area contributed by atoms with Gasteiger partial charge in [-0.1, -0.05) is 6.92 Å². The first kappa shape index (κ1) is 21.2. The van der Waals surface area contributed by atoms with E-state index >= 15 is 0 Å². The second-order valence-corrected chi connectivity index (χ2v) is 7.47. The molecule has 27 heavy (non-hydrogen) atoms. The number of benzene rings is 1. The summed E-state index contributed by atoms with van der Waals surface area (Å²) in [6.45, 7) is 6.29. The summed E-state index contributed by atoms with van der Waals surface area (Å²) in [7, 11) is 0. The minimum Gasteiger partial charge on any atom is -0.353 e. The molecule has 1 atom stereocenters. The number of hydrogen-bond donors (Lipinski definition) is 1. The Morgan fingerprint density at radius 3 is 2.52 bits per heavy atom. The molecule has 148 valence electrons. The molecule has 2 amide bonds. The average molecular weight is 394 g/mol. The number of piperazine rings is 1. The predicted molar refractivity (Wildman–Crippen MR) is 105 cm³/mol. The summed E-state index contributed by atoms with van der Waals surface area (Å²) < 4.78 is 0. The first-order valence-corrected chi connectivity index (χ1v) is 10.2. The summed E-state index contributed by atoms with van der Waals surface area (Å²) in [5, 5.41) is 14.2. The van der Waals surface area contributed by atoms with Gasteiger partial charge in [-0.15, -0.1) is 11.8 Å². The molecule has 8 nitrogen and oxygen atoms in total. The van der Waals surface area contributed by atoms with Crippen LogP contribution in [0.2, 0.25) is 0 Å². The van der Waals surface area contributed by atoms with Crippen LogP contribution in [-0.4, -0.2) is 71.6 Å². The lowest BCUT2D eigenvalue weighted by atomic mass is 10.1. The molecule has 0 aromatic heterocycles. The fourth-order valence-corrected chi connectivity index (χ4v) is 3.32. The molecule has 0 saturated carbocycles. The maximum absolute atomic E-state index is 12.8. The van der Waals surface area contributed by atoms with Gasteiger partial charge in [0.1, 0.15) is 5.56 Å². The highest BCUT2D eigenvalue weighted by Crippen LogP contribution is 2.26. The van der Waals surface area contributed by atoms with Gasteiger partial charge in [0.25, 0.3) is 11.6 Å². The van der Waals surface area contributed by atoms with E-state index in [4.69, 9.17) is 0 Å². The van der Waals surface area contributed by atoms with Gasteiger partial charge in [0.2, 0.25) is 5.91 Å². The smallest absolute Gasteiger partial charge is 0.282 e. The molecule has 9 heteroatoms. The third-order valence-corrected chi connectivity index (χ3v) is 5.40. The summed E-state index contributed by atoms with van der Waals surface area (Å²) in [6.07, 6.45) is 2.74. The Labute approximate surface area is 163 Å². The van der Waals surface area contributed by atoms with E-state index in [9.17, 15) is 19.7 Å². The molecule has 0 aliphatic carbocycles. The Morgan fingerprint density at radius 1 is 1.30 bits per heavy atom. The molecule has 1 fully saturated rings. The van der Waals surface area contributed by atoms with Crippen LogP contribution < -0.4 is 5.32 Å². The molecule has 1 unspecified atom stereocenters. The van der Waals surface area contributed by atoms with Crippen LogP contribution in [0.3, 0.4) is 0 Å². The van der Waals surface area contributed by atoms with Crippen LogP contribution in [0.15, 0.2) is 23.1 Å². The fourth-order valence-electron chi connectivity index (χ4n) is 2.88. The number of nitro groups is 1. The van der Waals surface area contributed by atoms with Gasteiger partial charge in [-0.05, 0) is 31.7 Å². The Balaban J connectivity index is 1.99. The Hall–Kier alpha value is -2.13. The maximum atomic E-state index is 12.8. The Bertz CT molecular complexity index is 705. The van der Waals surface area contributed by atoms with E-state index in [0.717, 1.165) is 11.3 Å². The van der Waals surface area contributed by atoms with Crippen molar-refractivity contribution in [2.75, 3.05) is 39.0 Å². The highest BCUT2D eigenvalue weighted by molar-refractivity contribution is 7.98. The zero-order chi connectivity index (χ0) is 20.0. The Kier molecular flexibility index (Phi) is 7.61. The lowest BCUT2D eigenvalue weighted by Gasteiger charge is -2.34. The monoisotopic (exact) mass is 394 g/mol. The second-order valence-electron chi connectivity index (χ2n) is 6.59. The highest BCUT2D eigenvalue weighted by Gasteiger charge is 2.28. The van der Waals surface area contributed by atoms with Crippen molar-refractivity contribution in [1.29, 1.82) is 0 Å². The SMILES string of the molecule is CCC(C)NC(=O)CN1CCN(C(=O)c2cc(SC)ccc2[N+](=O)[O-])CC1. The van der Waals surface area contributed by atoms with E-state index in [2.05, 4.69) is 5.32 Å². The molecule has 0 bridgehead atoms. The lowest BCUT2D eigenvalue weighted by molar-refractivity contribution is -0.385. The van der Waals surface area contributed by atoms with Crippen LogP contribution in [0.1, 0.15) is 30.6 Å². The standard InChI is InChI=1S/C18H26N4O4S/c1-4-13(2)19-17(23)12-20-7-9-21(10-8-20)18(24)15-11-14(27-3)5-6-16(15)22(25)26/h5-6,11,13H,4,7-10,12H2,1-3H3,(H,19,23). The summed E-state index contributed by atoms with van der Waals surface area (Å²) in [5.74, 6) is -0.353. The van der Waals surface area contributed by atoms with E-state index in [0.29, 0.717) is 32.7 Å². The number of thioether (sulfide) groups is 1. The molecule has 2 rings (SSSR count). The van der Waals surface area contributed by atoms with Crippen LogP contribution in [0.5, 0.6) is 0 Å². The first-order valence-electron chi connectivity index (χ1n) is 8.99. The molecule has 1 aromatic rings. The molecular weight excluding hydrogens is 368 g/mol. The number of nitrogens with zero attached hydrogens (tertiary/aromatic N) is 3. The number of amides is 2. The number of nitro benzene ring substituents is 1. The van der Waals surface area contributed by atoms with Crippen LogP contribution >= 0.6 is 11.8 Å². The predicted octanol–water partition coefficient (Wildman–Crippen LogP) is 1.99. The number of rotatable bonds is 7. The third kappa shape index (κ3) is 5.67. The largest absolute Gasteiger partial charge is 0.353 e. The first-order chi connectivity index (χ1) is 12.8. The Morgan fingerprint density at radius 2 is 1.96 bits per heavy atom. The van der Waals surface area contributed by atoms with E-state index < -0.39 is 4.92 Å². The summed E-state index contributed by atoms with van der Waals surface area (Å²) >= 11 is 1.44. The van der Waals surface area contributed by atoms with Gasteiger partial charge in [-0.25, -0.2) is 0 Å². The maximum Gasteiger partial charge on any atom is 0.282 e. The van der Waals surface area contributed by atoms with Crippen molar-refractivity contribution >= 4 is 29.3 Å². The van der Waals surface area contributed by atoms with Gasteiger partial charge in [0, 0.05) is 43.2 Å². The van der Waals surface area contributed by atoms with Gasteiger partial charge in [-0.2, -0.15) is 0 Å². The minimum atomic E-state index is -0.521. The molecule has 1 N–H and O–H groups in total. The van der Waals surface area contributed by atoms with Crippen molar-refractivity contribution in [3.05, 3.63) is 33.9 Å². The summed E-state index contributed by atoms with van der Waals surface area (Å²) in [4.78, 5) is 40.0. The highest BCUT2D eigenvalue weighted by atomic mass is 32.2. The quantitative estimate of drug-likeness (QED) is 0.432. The van der Waals surface area contributed by atoms with Crippen LogP contribution in [0, 0.1) is 10.1 Å². The molecule has 1 aliphatic rings. The molecular formula is C18H26N4O4S. The summed E-state index contributed by atoms with van der Waals surface area (Å²) in [5.41, 5.74) is -0.0528. The van der Waals surface area contributed by atoms with Crippen LogP contribution in [-0.2, 0) is 4.79 Å². The van der Waals surface area contributed by atoms with Gasteiger partial charge in [0.05, 0.1) is 11.5 Å². The molecule has 1 aliphatic heterocycles. The molecule has 1 heterocycles. The van der Waals surface area contributed by atoms with Crippen molar-refractivity contribution in [1.82, 2.24) is 15.1 Å². The van der Waals surface area contributed by atoms with Crippen LogP contribution in [0.4, 0.5) is 5.69 Å². The average Bonchev–Trinajstić information content (AvgIpc) is 2.67. The van der Waals surface area contributed by atoms with E-state index in [1.807, 2.05) is 25.0 Å². The van der Waals surface area contributed by atoms with Gasteiger partial charge in [0.15, 0.2) is 0 Å². The zero-order valence-electron chi connectivity index (χ0n) is 15.9. The van der Waals surface area contributed by atoms with Crippen LogP contribution in [0.25, 0.3) is 0 Å². The van der Waals surface area contributed by atoms with Gasteiger partial charge >= 0.3 is 0 Å². The minimum absolute atomic E-state index is 0.0209. The van der Waals surface area contributed by atoms with Crippen molar-refractivity contribution in [2.45, 2.75) is 31.2 Å². The number of carbonyl (C=O) groups excluding carboxylic acids is 2. The van der Waals surface area contributed by atoms with Gasteiger partial charge < -0.3 is 10.2 Å². The van der Waals surface area contributed by atoms with E-state index in [1.54, 1.807) is 17.0 Å². The molecule has 0 spiro atoms. The normalized spacial score (nSPS) is 16.0. The van der Waals surface area contributed by atoms with Gasteiger partial charge in [-0.3, -0.25) is 24.6 Å². The van der Waals surface area contributed by atoms with Crippen molar-refractivity contribution < 1.29 is 14.5 Å². The number of carbonyl (C=O) groups is 2. The summed E-state index contributed by atoms with van der Waals surface area (Å²) in [6, 6.07) is 4.75. The van der Waals surface area contributed by atoms with Crippen molar-refractivity contribution in [3.63, 3.8) is 0 Å². The lowest BCUT2D eigenvalue weighted by Crippen LogP contribution is -2.51. The molecule has 1 aromatic carbocycles. The van der Waals surface area contributed by atoms with Crippen molar-refractivity contribution in [2.24, 2.45) is 0 Å². The fraction of sp³-hybridized carbons (Fsp3) is 0.556. The molecule has 1 saturated heterocycles. The van der Waals surface area contributed by atoms with E-state index in [-0.39, 0.29) is 29.1 Å². The number of hydrogen-bond acceptors (Lipinski definition) is 6. The topological polar surface area (TPSA) is 95.8 Å². The second kappa shape index (κ2) is 9.70. The van der Waals surface area contributed by atoms with E-state index in [1.165, 1.54) is 17.8 Å². The molecule has 0 radical (unpaired) electrons. The third-order valence-electron chi connectivity index (χ3n) is 4.68.